The third-order valence-corrected chi connectivity index (χ3v) is 7.28. The molecule has 0 saturated carbocycles. The summed E-state index contributed by atoms with van der Waals surface area (Å²) in [6.45, 7) is 0. The van der Waals surface area contributed by atoms with Gasteiger partial charge in [0.2, 0.25) is 0 Å². The van der Waals surface area contributed by atoms with Crippen molar-refractivity contribution >= 4 is 34.9 Å². The van der Waals surface area contributed by atoms with E-state index in [1.54, 1.807) is 0 Å². The number of nitrogens with one attached hydrogen (secondary N) is 1. The van der Waals surface area contributed by atoms with Gasteiger partial charge >= 0.3 is 0 Å². The van der Waals surface area contributed by atoms with Crippen molar-refractivity contribution in [2.45, 2.75) is 0 Å². The van der Waals surface area contributed by atoms with Crippen LogP contribution in [0.15, 0.2) is 109 Å². The second kappa shape index (κ2) is 7.42. The first-order chi connectivity index (χ1) is 13.9. The molecule has 0 amide bonds. The molecule has 0 aliphatic rings. The average molecular weight is 378 g/mol. The number of imidazole rings is 1. The lowest BCUT2D eigenvalue weighted by Gasteiger charge is -2.19. The molecule has 0 saturated heterocycles. The SMILES string of the molecule is c1ccc(-c2nc3c(P(c4ccccc4)c4ccccc4)cccc3[nH]2)cc1. The molecule has 1 heterocycles. The summed E-state index contributed by atoms with van der Waals surface area (Å²) in [5, 5.41) is 3.95. The van der Waals surface area contributed by atoms with Gasteiger partial charge in [-0.25, -0.2) is 4.98 Å². The first kappa shape index (κ1) is 16.9. The Hall–Kier alpha value is -3.22. The molecule has 1 aromatic heterocycles. The van der Waals surface area contributed by atoms with Crippen LogP contribution in [-0.2, 0) is 0 Å². The Morgan fingerprint density at radius 3 is 1.75 bits per heavy atom. The molecular formula is C25H19N2P. The highest BCUT2D eigenvalue weighted by Gasteiger charge is 2.20. The molecule has 28 heavy (non-hydrogen) atoms. The fourth-order valence-electron chi connectivity index (χ4n) is 3.51. The maximum atomic E-state index is 5.02. The summed E-state index contributed by atoms with van der Waals surface area (Å²) in [6, 6.07) is 38.3. The van der Waals surface area contributed by atoms with E-state index in [1.165, 1.54) is 15.9 Å². The number of aromatic amines is 1. The number of benzene rings is 4. The maximum Gasteiger partial charge on any atom is 0.138 e. The van der Waals surface area contributed by atoms with Gasteiger partial charge in [0.05, 0.1) is 11.0 Å². The molecule has 5 aromatic rings. The van der Waals surface area contributed by atoms with Gasteiger partial charge in [-0.2, -0.15) is 0 Å². The van der Waals surface area contributed by atoms with E-state index in [1.807, 2.05) is 18.2 Å². The van der Waals surface area contributed by atoms with Gasteiger partial charge in [0.25, 0.3) is 0 Å². The number of rotatable bonds is 4. The average Bonchev–Trinajstić information content (AvgIpc) is 3.21. The fraction of sp³-hybridized carbons (Fsp3) is 0. The summed E-state index contributed by atoms with van der Waals surface area (Å²) in [5.41, 5.74) is 3.24. The zero-order valence-electron chi connectivity index (χ0n) is 15.3. The molecule has 0 bridgehead atoms. The van der Waals surface area contributed by atoms with Crippen molar-refractivity contribution in [1.29, 1.82) is 0 Å². The minimum absolute atomic E-state index is 0.684. The van der Waals surface area contributed by atoms with Crippen LogP contribution in [0.25, 0.3) is 22.4 Å². The van der Waals surface area contributed by atoms with Crippen molar-refractivity contribution in [2.75, 3.05) is 0 Å². The summed E-state index contributed by atoms with van der Waals surface area (Å²) in [4.78, 5) is 8.52. The molecule has 134 valence electrons. The van der Waals surface area contributed by atoms with E-state index in [-0.39, 0.29) is 0 Å². The van der Waals surface area contributed by atoms with Crippen molar-refractivity contribution < 1.29 is 0 Å². The first-order valence-corrected chi connectivity index (χ1v) is 10.7. The second-order valence-corrected chi connectivity index (χ2v) is 8.82. The molecule has 0 aliphatic carbocycles. The molecule has 5 rings (SSSR count). The molecule has 0 spiro atoms. The number of hydrogen-bond donors (Lipinski definition) is 1. The molecule has 0 radical (unpaired) electrons. The van der Waals surface area contributed by atoms with Crippen LogP contribution in [0.2, 0.25) is 0 Å². The van der Waals surface area contributed by atoms with E-state index in [9.17, 15) is 0 Å². The normalized spacial score (nSPS) is 11.2. The van der Waals surface area contributed by atoms with Crippen molar-refractivity contribution in [3.8, 4) is 11.4 Å². The zero-order chi connectivity index (χ0) is 18.8. The largest absolute Gasteiger partial charge is 0.338 e. The summed E-state index contributed by atoms with van der Waals surface area (Å²) >= 11 is 0. The molecule has 0 unspecified atom stereocenters. The Balaban J connectivity index is 1.72. The number of para-hydroxylation sites is 1. The number of hydrogen-bond acceptors (Lipinski definition) is 1. The van der Waals surface area contributed by atoms with Gasteiger partial charge in [-0.1, -0.05) is 103 Å². The van der Waals surface area contributed by atoms with Gasteiger partial charge in [0, 0.05) is 10.9 Å². The van der Waals surface area contributed by atoms with Gasteiger partial charge in [-0.15, -0.1) is 0 Å². The van der Waals surface area contributed by atoms with Gasteiger partial charge in [-0.3, -0.25) is 0 Å². The molecule has 4 aromatic carbocycles. The van der Waals surface area contributed by atoms with Crippen LogP contribution >= 0.6 is 7.92 Å². The van der Waals surface area contributed by atoms with Crippen LogP contribution in [0.1, 0.15) is 0 Å². The maximum absolute atomic E-state index is 5.02. The lowest BCUT2D eigenvalue weighted by Crippen LogP contribution is -2.21. The summed E-state index contributed by atoms with van der Waals surface area (Å²) < 4.78 is 0. The molecule has 2 nitrogen and oxygen atoms in total. The van der Waals surface area contributed by atoms with E-state index < -0.39 is 7.92 Å². The minimum Gasteiger partial charge on any atom is -0.338 e. The second-order valence-electron chi connectivity index (χ2n) is 6.63. The van der Waals surface area contributed by atoms with Crippen LogP contribution in [0.3, 0.4) is 0 Å². The summed E-state index contributed by atoms with van der Waals surface area (Å²) in [6.07, 6.45) is 0. The predicted octanol–water partition coefficient (Wildman–Crippen LogP) is 4.99. The van der Waals surface area contributed by atoms with Crippen LogP contribution in [0.4, 0.5) is 0 Å². The van der Waals surface area contributed by atoms with Crippen molar-refractivity contribution in [3.05, 3.63) is 109 Å². The molecule has 0 fully saturated rings. The van der Waals surface area contributed by atoms with Gasteiger partial charge in [0.15, 0.2) is 0 Å². The Morgan fingerprint density at radius 2 is 1.14 bits per heavy atom. The first-order valence-electron chi connectivity index (χ1n) is 9.34. The van der Waals surface area contributed by atoms with Crippen LogP contribution in [0.5, 0.6) is 0 Å². The van der Waals surface area contributed by atoms with Crippen molar-refractivity contribution in [2.24, 2.45) is 0 Å². The lowest BCUT2D eigenvalue weighted by molar-refractivity contribution is 1.34. The predicted molar refractivity (Wildman–Crippen MR) is 120 cm³/mol. The number of nitrogens with zero attached hydrogens (tertiary/aromatic N) is 1. The topological polar surface area (TPSA) is 28.7 Å². The standard InChI is InChI=1S/C25H19N2P/c1-4-11-19(12-5-1)25-26-22-17-10-18-23(24(22)27-25)28(20-13-6-2-7-14-20)21-15-8-3-9-16-21/h1-18H,(H,26,27). The van der Waals surface area contributed by atoms with Crippen molar-refractivity contribution in [1.82, 2.24) is 9.97 Å². The highest BCUT2D eigenvalue weighted by atomic mass is 31.1. The smallest absolute Gasteiger partial charge is 0.138 e. The van der Waals surface area contributed by atoms with E-state index in [0.717, 1.165) is 22.4 Å². The molecule has 3 heteroatoms. The number of aromatic nitrogens is 2. The number of fused-ring (bicyclic) bond motifs is 1. The van der Waals surface area contributed by atoms with Crippen molar-refractivity contribution in [3.63, 3.8) is 0 Å². The van der Waals surface area contributed by atoms with Crippen LogP contribution in [-0.4, -0.2) is 9.97 Å². The monoisotopic (exact) mass is 378 g/mol. The van der Waals surface area contributed by atoms with E-state index in [2.05, 4.69) is 96.0 Å². The van der Waals surface area contributed by atoms with Gasteiger partial charge < -0.3 is 4.98 Å². The van der Waals surface area contributed by atoms with Gasteiger partial charge in [0.1, 0.15) is 5.82 Å². The van der Waals surface area contributed by atoms with Gasteiger partial charge in [-0.05, 0) is 24.6 Å². The van der Waals surface area contributed by atoms with Crippen LogP contribution in [0, 0.1) is 0 Å². The minimum atomic E-state index is -0.684. The molecular weight excluding hydrogens is 359 g/mol. The van der Waals surface area contributed by atoms with E-state index in [4.69, 9.17) is 4.98 Å². The van der Waals surface area contributed by atoms with E-state index >= 15 is 0 Å². The number of H-pyrrole nitrogens is 1. The van der Waals surface area contributed by atoms with Crippen LogP contribution < -0.4 is 15.9 Å². The Morgan fingerprint density at radius 1 is 0.571 bits per heavy atom. The summed E-state index contributed by atoms with van der Waals surface area (Å²) in [7, 11) is -0.684. The Bertz CT molecular complexity index is 1160. The zero-order valence-corrected chi connectivity index (χ0v) is 16.2. The fourth-order valence-corrected chi connectivity index (χ4v) is 5.92. The molecule has 1 N–H and O–H groups in total. The van der Waals surface area contributed by atoms with E-state index in [0.29, 0.717) is 0 Å². The third-order valence-electron chi connectivity index (χ3n) is 4.81. The molecule has 0 aliphatic heterocycles. The third kappa shape index (κ3) is 3.13. The lowest BCUT2D eigenvalue weighted by atomic mass is 10.2. The molecule has 0 atom stereocenters. The Kier molecular flexibility index (Phi) is 4.48. The highest BCUT2D eigenvalue weighted by Crippen LogP contribution is 2.35. The summed E-state index contributed by atoms with van der Waals surface area (Å²) in [5.74, 6) is 0.916. The quantitative estimate of drug-likeness (QED) is 0.439. The Labute approximate surface area is 165 Å². The highest BCUT2D eigenvalue weighted by molar-refractivity contribution is 7.80.